The van der Waals surface area contributed by atoms with Gasteiger partial charge in [0.25, 0.3) is 0 Å². The summed E-state index contributed by atoms with van der Waals surface area (Å²) in [6.45, 7) is 3.05. The van der Waals surface area contributed by atoms with Crippen molar-refractivity contribution in [2.75, 3.05) is 13.6 Å². The number of carbonyl (C=O) groups is 1. The molecule has 4 nitrogen and oxygen atoms in total. The van der Waals surface area contributed by atoms with Gasteiger partial charge in [-0.2, -0.15) is 0 Å². The molecule has 1 aliphatic carbocycles. The molecule has 0 amide bonds. The largest absolute Gasteiger partial charge is 0.436 e. The van der Waals surface area contributed by atoms with E-state index in [-0.39, 0.29) is 23.3 Å². The van der Waals surface area contributed by atoms with Crippen molar-refractivity contribution in [3.63, 3.8) is 0 Å². The predicted octanol–water partition coefficient (Wildman–Crippen LogP) is 1.37. The monoisotopic (exact) mass is 287 g/mol. The lowest BCUT2D eigenvalue weighted by Gasteiger charge is -2.58. The molecule has 3 aliphatic rings. The summed E-state index contributed by atoms with van der Waals surface area (Å²) in [7, 11) is 2.11. The van der Waals surface area contributed by atoms with Gasteiger partial charge < -0.3 is 14.7 Å². The maximum Gasteiger partial charge on any atom is 0.309 e. The number of cyclic esters (lactones) is 1. The van der Waals surface area contributed by atoms with Gasteiger partial charge in [0.1, 0.15) is 0 Å². The highest BCUT2D eigenvalue weighted by atomic mass is 16.6. The Morgan fingerprint density at radius 3 is 3.05 bits per heavy atom. The van der Waals surface area contributed by atoms with Gasteiger partial charge in [0.2, 0.25) is 6.29 Å². The van der Waals surface area contributed by atoms with Crippen LogP contribution >= 0.6 is 0 Å². The van der Waals surface area contributed by atoms with Gasteiger partial charge in [0, 0.05) is 17.4 Å². The lowest BCUT2D eigenvalue weighted by atomic mass is 9.55. The van der Waals surface area contributed by atoms with Crippen LogP contribution in [0.15, 0.2) is 18.2 Å². The van der Waals surface area contributed by atoms with Gasteiger partial charge in [-0.05, 0) is 44.5 Å². The molecule has 1 aromatic carbocycles. The number of nitrogens with zero attached hydrogens (tertiary/aromatic N) is 1. The van der Waals surface area contributed by atoms with Gasteiger partial charge in [-0.3, -0.25) is 4.79 Å². The third-order valence-corrected chi connectivity index (χ3v) is 5.78. The smallest absolute Gasteiger partial charge is 0.309 e. The molecule has 4 rings (SSSR count). The molecular weight excluding hydrogens is 266 g/mol. The quantitative estimate of drug-likeness (QED) is 0.732. The maximum atomic E-state index is 12.0. The number of benzene rings is 1. The van der Waals surface area contributed by atoms with Gasteiger partial charge in [-0.25, -0.2) is 0 Å². The first kappa shape index (κ1) is 13.3. The SMILES string of the molecule is Cc1ccc2c(c1)[C@]13CCN(C)[C@H](C2)[C@@H]1C(O)OC(=O)C3. The summed E-state index contributed by atoms with van der Waals surface area (Å²) in [5.41, 5.74) is 3.57. The fraction of sp³-hybridized carbons (Fsp3) is 0.588. The first-order valence-electron chi connectivity index (χ1n) is 7.69. The van der Waals surface area contributed by atoms with Crippen molar-refractivity contribution in [3.05, 3.63) is 34.9 Å². The molecule has 2 saturated heterocycles. The van der Waals surface area contributed by atoms with Crippen LogP contribution in [0.3, 0.4) is 0 Å². The van der Waals surface area contributed by atoms with Crippen LogP contribution in [0.5, 0.6) is 0 Å². The number of rotatable bonds is 0. The Balaban J connectivity index is 1.94. The van der Waals surface area contributed by atoms with E-state index in [1.54, 1.807) is 0 Å². The number of aliphatic hydroxyl groups excluding tert-OH is 1. The second-order valence-electron chi connectivity index (χ2n) is 6.90. The Kier molecular flexibility index (Phi) is 2.72. The fourth-order valence-corrected chi connectivity index (χ4v) is 4.78. The van der Waals surface area contributed by atoms with Crippen molar-refractivity contribution in [2.24, 2.45) is 5.92 Å². The van der Waals surface area contributed by atoms with Crippen molar-refractivity contribution in [3.8, 4) is 0 Å². The molecule has 21 heavy (non-hydrogen) atoms. The highest BCUT2D eigenvalue weighted by Gasteiger charge is 2.59. The number of esters is 1. The number of likely N-dealkylation sites (N-methyl/N-ethyl adjacent to an activating group) is 1. The highest BCUT2D eigenvalue weighted by molar-refractivity contribution is 5.73. The van der Waals surface area contributed by atoms with Crippen LogP contribution in [0, 0.1) is 12.8 Å². The highest BCUT2D eigenvalue weighted by Crippen LogP contribution is 2.54. The van der Waals surface area contributed by atoms with E-state index in [4.69, 9.17) is 4.74 Å². The van der Waals surface area contributed by atoms with Crippen LogP contribution in [-0.4, -0.2) is 41.9 Å². The van der Waals surface area contributed by atoms with Gasteiger partial charge >= 0.3 is 5.97 Å². The Bertz CT molecular complexity index is 614. The number of piperidine rings is 1. The van der Waals surface area contributed by atoms with Crippen molar-refractivity contribution < 1.29 is 14.6 Å². The number of ether oxygens (including phenoxy) is 1. The van der Waals surface area contributed by atoms with E-state index >= 15 is 0 Å². The van der Waals surface area contributed by atoms with E-state index in [2.05, 4.69) is 37.1 Å². The van der Waals surface area contributed by atoms with Gasteiger partial charge in [-0.1, -0.05) is 23.8 Å². The van der Waals surface area contributed by atoms with E-state index < -0.39 is 6.29 Å². The molecule has 2 bridgehead atoms. The van der Waals surface area contributed by atoms with Crippen LogP contribution in [-0.2, 0) is 21.4 Å². The lowest BCUT2D eigenvalue weighted by molar-refractivity contribution is -0.218. The molecule has 2 aliphatic heterocycles. The molecule has 1 unspecified atom stereocenters. The van der Waals surface area contributed by atoms with Crippen molar-refractivity contribution in [1.82, 2.24) is 4.90 Å². The zero-order valence-corrected chi connectivity index (χ0v) is 12.5. The number of carbonyl (C=O) groups excluding carboxylic acids is 1. The first-order chi connectivity index (χ1) is 10.0. The van der Waals surface area contributed by atoms with Crippen LogP contribution in [0.2, 0.25) is 0 Å². The summed E-state index contributed by atoms with van der Waals surface area (Å²) >= 11 is 0. The minimum Gasteiger partial charge on any atom is -0.436 e. The van der Waals surface area contributed by atoms with E-state index in [0.717, 1.165) is 19.4 Å². The Morgan fingerprint density at radius 2 is 2.24 bits per heavy atom. The third-order valence-electron chi connectivity index (χ3n) is 5.78. The molecule has 0 spiro atoms. The fourth-order valence-electron chi connectivity index (χ4n) is 4.78. The first-order valence-corrected chi connectivity index (χ1v) is 7.69. The van der Waals surface area contributed by atoms with Gasteiger partial charge in [0.05, 0.1) is 6.42 Å². The molecule has 0 radical (unpaired) electrons. The molecule has 1 N–H and O–H groups in total. The predicted molar refractivity (Wildman–Crippen MR) is 77.8 cm³/mol. The van der Waals surface area contributed by atoms with E-state index in [1.165, 1.54) is 16.7 Å². The minimum absolute atomic E-state index is 0.0109. The Labute approximate surface area is 124 Å². The molecule has 112 valence electrons. The summed E-state index contributed by atoms with van der Waals surface area (Å²) in [6, 6.07) is 6.80. The number of aliphatic hydroxyl groups is 1. The van der Waals surface area contributed by atoms with Crippen LogP contribution in [0.1, 0.15) is 29.5 Å². The summed E-state index contributed by atoms with van der Waals surface area (Å²) in [4.78, 5) is 14.3. The number of hydrogen-bond acceptors (Lipinski definition) is 4. The molecule has 0 aromatic heterocycles. The number of likely N-dealkylation sites (tertiary alicyclic amines) is 1. The van der Waals surface area contributed by atoms with E-state index in [1.807, 2.05) is 0 Å². The van der Waals surface area contributed by atoms with Gasteiger partial charge in [0.15, 0.2) is 0 Å². The zero-order chi connectivity index (χ0) is 14.8. The van der Waals surface area contributed by atoms with E-state index in [9.17, 15) is 9.90 Å². The summed E-state index contributed by atoms with van der Waals surface area (Å²) < 4.78 is 5.17. The minimum atomic E-state index is -0.979. The zero-order valence-electron chi connectivity index (χ0n) is 12.5. The number of hydrogen-bond donors (Lipinski definition) is 1. The van der Waals surface area contributed by atoms with Crippen molar-refractivity contribution in [1.29, 1.82) is 0 Å². The van der Waals surface area contributed by atoms with E-state index in [0.29, 0.717) is 6.42 Å². The van der Waals surface area contributed by atoms with Crippen molar-refractivity contribution in [2.45, 2.75) is 43.9 Å². The van der Waals surface area contributed by atoms with Crippen LogP contribution in [0.25, 0.3) is 0 Å². The van der Waals surface area contributed by atoms with Crippen molar-refractivity contribution >= 4 is 5.97 Å². The molecule has 4 heteroatoms. The molecule has 2 heterocycles. The second kappa shape index (κ2) is 4.31. The lowest BCUT2D eigenvalue weighted by Crippen LogP contribution is -2.65. The Hall–Kier alpha value is -1.39. The standard InChI is InChI=1S/C17H21NO3/c1-10-3-4-11-8-13-15-16(20)21-14(19)9-17(15,12(11)7-10)5-6-18(13)2/h3-4,7,13,15-16,20H,5-6,8-9H2,1-2H3/t13-,15-,16?,17-/m1/s1. The average molecular weight is 287 g/mol. The second-order valence-corrected chi connectivity index (χ2v) is 6.90. The maximum absolute atomic E-state index is 12.0. The summed E-state index contributed by atoms with van der Waals surface area (Å²) in [5, 5.41) is 10.4. The molecule has 4 atom stereocenters. The molecule has 1 aromatic rings. The third kappa shape index (κ3) is 1.72. The molecular formula is C17H21NO3. The summed E-state index contributed by atoms with van der Waals surface area (Å²) in [5.74, 6) is -0.278. The summed E-state index contributed by atoms with van der Waals surface area (Å²) in [6.07, 6.45) is 1.25. The van der Waals surface area contributed by atoms with Crippen LogP contribution < -0.4 is 0 Å². The average Bonchev–Trinajstić information content (AvgIpc) is 2.43. The number of aryl methyl sites for hydroxylation is 1. The van der Waals surface area contributed by atoms with Crippen LogP contribution in [0.4, 0.5) is 0 Å². The molecule has 2 fully saturated rings. The molecule has 0 saturated carbocycles. The van der Waals surface area contributed by atoms with Gasteiger partial charge in [-0.15, -0.1) is 0 Å². The number of fused-ring (bicyclic) bond motifs is 1. The Morgan fingerprint density at radius 1 is 1.43 bits per heavy atom. The normalized spacial score (nSPS) is 38.4. The topological polar surface area (TPSA) is 49.8 Å².